The summed E-state index contributed by atoms with van der Waals surface area (Å²) in [5, 5.41) is 0. The van der Waals surface area contributed by atoms with Gasteiger partial charge in [-0.3, -0.25) is 0 Å². The molecule has 1 aromatic carbocycles. The van der Waals surface area contributed by atoms with Gasteiger partial charge in [0.1, 0.15) is 0 Å². The van der Waals surface area contributed by atoms with Crippen LogP contribution in [-0.4, -0.2) is 31.6 Å². The summed E-state index contributed by atoms with van der Waals surface area (Å²) in [4.78, 5) is 2.41. The Balaban J connectivity index is 2.01. The van der Waals surface area contributed by atoms with Crippen LogP contribution in [0.2, 0.25) is 0 Å². The van der Waals surface area contributed by atoms with Crippen molar-refractivity contribution in [1.82, 2.24) is 4.90 Å². The lowest BCUT2D eigenvalue weighted by Crippen LogP contribution is -2.13. The summed E-state index contributed by atoms with van der Waals surface area (Å²) in [7, 11) is 2.20. The van der Waals surface area contributed by atoms with Gasteiger partial charge < -0.3 is 10.6 Å². The van der Waals surface area contributed by atoms with Gasteiger partial charge in [0, 0.05) is 11.0 Å². The molecule has 3 heteroatoms. The van der Waals surface area contributed by atoms with Gasteiger partial charge in [-0.05, 0) is 68.9 Å². The molecular formula is C15H23BrN2. The number of nitrogens with zero attached hydrogens (tertiary/aromatic N) is 1. The van der Waals surface area contributed by atoms with Crippen LogP contribution in [0.3, 0.4) is 0 Å². The second kappa shape index (κ2) is 6.69. The Morgan fingerprint density at radius 2 is 2.22 bits per heavy atom. The highest BCUT2D eigenvalue weighted by molar-refractivity contribution is 9.10. The molecule has 1 heterocycles. The van der Waals surface area contributed by atoms with E-state index in [0.29, 0.717) is 5.92 Å². The first-order chi connectivity index (χ1) is 8.70. The number of likely N-dealkylation sites (N-methyl/N-ethyl adjacent to an activating group) is 1. The van der Waals surface area contributed by atoms with E-state index >= 15 is 0 Å². The summed E-state index contributed by atoms with van der Waals surface area (Å²) < 4.78 is 1.29. The largest absolute Gasteiger partial charge is 0.330 e. The molecule has 1 atom stereocenters. The van der Waals surface area contributed by atoms with E-state index in [2.05, 4.69) is 46.1 Å². The first kappa shape index (κ1) is 14.0. The smallest absolute Gasteiger partial charge is 0.0213 e. The van der Waals surface area contributed by atoms with Gasteiger partial charge in [0.15, 0.2) is 0 Å². The highest BCUT2D eigenvalue weighted by atomic mass is 79.9. The summed E-state index contributed by atoms with van der Waals surface area (Å²) in [5.74, 6) is 0.697. The number of halogens is 1. The average Bonchev–Trinajstić information content (AvgIpc) is 2.76. The van der Waals surface area contributed by atoms with Crippen molar-refractivity contribution in [2.45, 2.75) is 31.6 Å². The zero-order chi connectivity index (χ0) is 13.0. The van der Waals surface area contributed by atoms with Crippen molar-refractivity contribution in [3.63, 3.8) is 0 Å². The van der Waals surface area contributed by atoms with E-state index in [1.807, 2.05) is 0 Å². The predicted octanol–water partition coefficient (Wildman–Crippen LogP) is 3.15. The van der Waals surface area contributed by atoms with Crippen molar-refractivity contribution in [3.8, 4) is 0 Å². The molecule has 1 aliphatic heterocycles. The van der Waals surface area contributed by atoms with Crippen LogP contribution in [0, 0.1) is 0 Å². The van der Waals surface area contributed by atoms with Crippen molar-refractivity contribution < 1.29 is 0 Å². The molecule has 1 saturated heterocycles. The number of unbranched alkanes of at least 4 members (excludes halogenated alkanes) is 1. The molecule has 1 aromatic rings. The maximum atomic E-state index is 5.53. The molecule has 0 bridgehead atoms. The summed E-state index contributed by atoms with van der Waals surface area (Å²) in [6.07, 6.45) is 4.73. The number of hydrogen-bond donors (Lipinski definition) is 1. The minimum Gasteiger partial charge on any atom is -0.330 e. The Morgan fingerprint density at radius 3 is 2.83 bits per heavy atom. The number of likely N-dealkylation sites (tertiary alicyclic amines) is 1. The van der Waals surface area contributed by atoms with Gasteiger partial charge >= 0.3 is 0 Å². The van der Waals surface area contributed by atoms with Gasteiger partial charge in [-0.25, -0.2) is 0 Å². The lowest BCUT2D eigenvalue weighted by molar-refractivity contribution is 0.411. The maximum Gasteiger partial charge on any atom is 0.0213 e. The first-order valence-corrected chi connectivity index (χ1v) is 7.67. The van der Waals surface area contributed by atoms with E-state index in [4.69, 9.17) is 5.73 Å². The molecule has 0 spiro atoms. The lowest BCUT2D eigenvalue weighted by atomic mass is 9.96. The predicted molar refractivity (Wildman–Crippen MR) is 81.0 cm³/mol. The summed E-state index contributed by atoms with van der Waals surface area (Å²) >= 11 is 3.74. The SMILES string of the molecule is CN1CCC(c2ccc(CCCCN)cc2Br)C1. The molecule has 1 unspecified atom stereocenters. The van der Waals surface area contributed by atoms with Crippen molar-refractivity contribution in [2.75, 3.05) is 26.7 Å². The van der Waals surface area contributed by atoms with Crippen LogP contribution in [0.1, 0.15) is 36.3 Å². The number of nitrogens with two attached hydrogens (primary N) is 1. The molecule has 0 amide bonds. The molecule has 0 aromatic heterocycles. The average molecular weight is 311 g/mol. The number of aryl methyl sites for hydroxylation is 1. The molecule has 2 N–H and O–H groups in total. The maximum absolute atomic E-state index is 5.53. The van der Waals surface area contributed by atoms with Crippen LogP contribution < -0.4 is 5.73 Å². The lowest BCUT2D eigenvalue weighted by Gasteiger charge is -2.14. The highest BCUT2D eigenvalue weighted by Gasteiger charge is 2.22. The van der Waals surface area contributed by atoms with E-state index in [1.54, 1.807) is 0 Å². The normalized spacial score (nSPS) is 20.5. The minimum absolute atomic E-state index is 0.697. The van der Waals surface area contributed by atoms with Gasteiger partial charge in [0.2, 0.25) is 0 Å². The zero-order valence-corrected chi connectivity index (χ0v) is 12.7. The van der Waals surface area contributed by atoms with E-state index in [9.17, 15) is 0 Å². The van der Waals surface area contributed by atoms with Crippen molar-refractivity contribution >= 4 is 15.9 Å². The van der Waals surface area contributed by atoms with Gasteiger partial charge in [-0.2, -0.15) is 0 Å². The van der Waals surface area contributed by atoms with Crippen molar-refractivity contribution in [1.29, 1.82) is 0 Å². The molecule has 2 nitrogen and oxygen atoms in total. The number of benzene rings is 1. The number of rotatable bonds is 5. The fourth-order valence-corrected chi connectivity index (χ4v) is 3.47. The van der Waals surface area contributed by atoms with Crippen LogP contribution in [-0.2, 0) is 6.42 Å². The molecule has 18 heavy (non-hydrogen) atoms. The molecule has 0 saturated carbocycles. The minimum atomic E-state index is 0.697. The first-order valence-electron chi connectivity index (χ1n) is 6.87. The highest BCUT2D eigenvalue weighted by Crippen LogP contribution is 2.32. The Labute approximate surface area is 119 Å². The van der Waals surface area contributed by atoms with Crippen molar-refractivity contribution in [3.05, 3.63) is 33.8 Å². The van der Waals surface area contributed by atoms with Crippen molar-refractivity contribution in [2.24, 2.45) is 5.73 Å². The molecule has 1 aliphatic rings. The molecule has 0 aliphatic carbocycles. The molecular weight excluding hydrogens is 288 g/mol. The molecule has 100 valence electrons. The van der Waals surface area contributed by atoms with Gasteiger partial charge in [-0.15, -0.1) is 0 Å². The fourth-order valence-electron chi connectivity index (χ4n) is 2.72. The van der Waals surface area contributed by atoms with Gasteiger partial charge in [0.25, 0.3) is 0 Å². The molecule has 0 radical (unpaired) electrons. The van der Waals surface area contributed by atoms with Crippen LogP contribution in [0.25, 0.3) is 0 Å². The summed E-state index contributed by atoms with van der Waals surface area (Å²) in [6, 6.07) is 6.89. The topological polar surface area (TPSA) is 29.3 Å². The fraction of sp³-hybridized carbons (Fsp3) is 0.600. The Hall–Kier alpha value is -0.380. The third-order valence-corrected chi connectivity index (χ3v) is 4.50. The second-order valence-corrected chi connectivity index (χ2v) is 6.20. The number of hydrogen-bond acceptors (Lipinski definition) is 2. The summed E-state index contributed by atoms with van der Waals surface area (Å²) in [5.41, 5.74) is 8.42. The second-order valence-electron chi connectivity index (χ2n) is 5.35. The van der Waals surface area contributed by atoms with E-state index in [1.165, 1.54) is 41.5 Å². The Kier molecular flexibility index (Phi) is 5.22. The quantitative estimate of drug-likeness (QED) is 0.847. The Morgan fingerprint density at radius 1 is 1.39 bits per heavy atom. The zero-order valence-electron chi connectivity index (χ0n) is 11.2. The third kappa shape index (κ3) is 3.56. The van der Waals surface area contributed by atoms with Gasteiger partial charge in [0.05, 0.1) is 0 Å². The van der Waals surface area contributed by atoms with Crippen LogP contribution >= 0.6 is 15.9 Å². The molecule has 2 rings (SSSR count). The summed E-state index contributed by atoms with van der Waals surface area (Å²) in [6.45, 7) is 3.20. The standard InChI is InChI=1S/C15H23BrN2/c1-18-9-7-13(11-18)14-6-5-12(10-15(14)16)4-2-3-8-17/h5-6,10,13H,2-4,7-9,11,17H2,1H3. The Bertz CT molecular complexity index is 392. The third-order valence-electron chi connectivity index (χ3n) is 3.82. The monoisotopic (exact) mass is 310 g/mol. The molecule has 1 fully saturated rings. The van der Waals surface area contributed by atoms with E-state index < -0.39 is 0 Å². The van der Waals surface area contributed by atoms with Crippen LogP contribution in [0.5, 0.6) is 0 Å². The van der Waals surface area contributed by atoms with Crippen LogP contribution in [0.4, 0.5) is 0 Å². The van der Waals surface area contributed by atoms with E-state index in [-0.39, 0.29) is 0 Å². The van der Waals surface area contributed by atoms with Gasteiger partial charge in [-0.1, -0.05) is 28.1 Å². The van der Waals surface area contributed by atoms with Crippen LogP contribution in [0.15, 0.2) is 22.7 Å². The van der Waals surface area contributed by atoms with E-state index in [0.717, 1.165) is 19.4 Å².